The van der Waals surface area contributed by atoms with E-state index in [9.17, 15) is 9.59 Å². The van der Waals surface area contributed by atoms with Gasteiger partial charge in [0, 0.05) is 11.3 Å². The molecular formula is C22H18N2O4. The van der Waals surface area contributed by atoms with Crippen molar-refractivity contribution in [3.05, 3.63) is 83.9 Å². The molecule has 0 aromatic heterocycles. The van der Waals surface area contributed by atoms with Gasteiger partial charge in [-0.15, -0.1) is 0 Å². The van der Waals surface area contributed by atoms with Gasteiger partial charge in [-0.25, -0.2) is 0 Å². The Morgan fingerprint density at radius 1 is 1.04 bits per heavy atom. The molecule has 6 nitrogen and oxygen atoms in total. The summed E-state index contributed by atoms with van der Waals surface area (Å²) in [6.45, 7) is 0.431. The minimum Gasteiger partial charge on any atom is -0.489 e. The number of carbonyl (C=O) groups excluding carboxylic acids is 2. The molecule has 140 valence electrons. The van der Waals surface area contributed by atoms with Crippen LogP contribution in [0.5, 0.6) is 11.5 Å². The Morgan fingerprint density at radius 2 is 1.82 bits per heavy atom. The van der Waals surface area contributed by atoms with E-state index in [2.05, 4.69) is 10.6 Å². The molecule has 4 rings (SSSR count). The number of fused-ring (bicyclic) bond motifs is 1. The summed E-state index contributed by atoms with van der Waals surface area (Å²) in [5.74, 6) is 0.734. The fourth-order valence-corrected chi connectivity index (χ4v) is 2.79. The second-order valence-corrected chi connectivity index (χ2v) is 6.30. The highest BCUT2D eigenvalue weighted by atomic mass is 16.5. The molecule has 6 heteroatoms. The molecule has 0 saturated carbocycles. The predicted molar refractivity (Wildman–Crippen MR) is 106 cm³/mol. The molecule has 0 fully saturated rings. The van der Waals surface area contributed by atoms with E-state index < -0.39 is 0 Å². The number of ether oxygens (including phenoxy) is 2. The van der Waals surface area contributed by atoms with Crippen molar-refractivity contribution < 1.29 is 19.1 Å². The van der Waals surface area contributed by atoms with Gasteiger partial charge in [-0.3, -0.25) is 9.59 Å². The van der Waals surface area contributed by atoms with Crippen molar-refractivity contribution in [2.75, 3.05) is 17.2 Å². The maximum atomic E-state index is 12.5. The van der Waals surface area contributed by atoms with Gasteiger partial charge in [0.2, 0.25) is 0 Å². The molecule has 0 unspecified atom stereocenters. The summed E-state index contributed by atoms with van der Waals surface area (Å²) in [6, 6.07) is 22.0. The number of hydrogen-bond donors (Lipinski definition) is 2. The van der Waals surface area contributed by atoms with Crippen molar-refractivity contribution in [3.8, 4) is 11.5 Å². The number of amides is 2. The Balaban J connectivity index is 1.37. The molecule has 0 bridgehead atoms. The first-order valence-electron chi connectivity index (χ1n) is 8.82. The lowest BCUT2D eigenvalue weighted by Crippen LogP contribution is -2.25. The first-order chi connectivity index (χ1) is 13.7. The van der Waals surface area contributed by atoms with Gasteiger partial charge < -0.3 is 20.1 Å². The molecular weight excluding hydrogens is 356 g/mol. The number of nitrogens with one attached hydrogen (secondary N) is 2. The lowest BCUT2D eigenvalue weighted by atomic mass is 10.1. The third-order valence-electron chi connectivity index (χ3n) is 4.24. The smallest absolute Gasteiger partial charge is 0.262 e. The third kappa shape index (κ3) is 4.12. The number of hydrogen-bond acceptors (Lipinski definition) is 4. The van der Waals surface area contributed by atoms with E-state index in [0.29, 0.717) is 29.3 Å². The molecule has 0 spiro atoms. The van der Waals surface area contributed by atoms with Crippen molar-refractivity contribution in [1.82, 2.24) is 0 Å². The zero-order valence-electron chi connectivity index (χ0n) is 15.0. The third-order valence-corrected chi connectivity index (χ3v) is 4.24. The molecule has 1 heterocycles. The van der Waals surface area contributed by atoms with E-state index in [-0.39, 0.29) is 18.4 Å². The van der Waals surface area contributed by atoms with E-state index >= 15 is 0 Å². The number of rotatable bonds is 5. The highest BCUT2D eigenvalue weighted by Crippen LogP contribution is 2.29. The number of anilines is 2. The summed E-state index contributed by atoms with van der Waals surface area (Å²) in [4.78, 5) is 23.8. The topological polar surface area (TPSA) is 76.7 Å². The Labute approximate surface area is 162 Å². The van der Waals surface area contributed by atoms with Crippen LogP contribution >= 0.6 is 0 Å². The fraction of sp³-hybridized carbons (Fsp3) is 0.0909. The Morgan fingerprint density at radius 3 is 2.61 bits per heavy atom. The van der Waals surface area contributed by atoms with Gasteiger partial charge in [0.15, 0.2) is 6.61 Å². The Hall–Kier alpha value is -3.80. The van der Waals surface area contributed by atoms with Gasteiger partial charge in [-0.1, -0.05) is 30.3 Å². The normalized spacial score (nSPS) is 12.4. The summed E-state index contributed by atoms with van der Waals surface area (Å²) in [5, 5.41) is 5.53. The van der Waals surface area contributed by atoms with Crippen LogP contribution in [0, 0.1) is 0 Å². The summed E-state index contributed by atoms with van der Waals surface area (Å²) >= 11 is 0. The van der Waals surface area contributed by atoms with Crippen LogP contribution in [0.15, 0.2) is 72.8 Å². The van der Waals surface area contributed by atoms with Crippen molar-refractivity contribution in [3.63, 3.8) is 0 Å². The summed E-state index contributed by atoms with van der Waals surface area (Å²) in [7, 11) is 0. The van der Waals surface area contributed by atoms with Crippen LogP contribution in [-0.2, 0) is 11.4 Å². The largest absolute Gasteiger partial charge is 0.489 e. The highest BCUT2D eigenvalue weighted by molar-refractivity contribution is 6.05. The van der Waals surface area contributed by atoms with E-state index in [1.165, 1.54) is 0 Å². The van der Waals surface area contributed by atoms with E-state index in [0.717, 1.165) is 11.3 Å². The highest BCUT2D eigenvalue weighted by Gasteiger charge is 2.17. The van der Waals surface area contributed by atoms with Gasteiger partial charge in [0.05, 0.1) is 5.69 Å². The van der Waals surface area contributed by atoms with E-state index in [1.54, 1.807) is 30.3 Å². The molecule has 0 radical (unpaired) electrons. The molecule has 3 aromatic carbocycles. The first kappa shape index (κ1) is 17.6. The van der Waals surface area contributed by atoms with E-state index in [1.807, 2.05) is 42.5 Å². The van der Waals surface area contributed by atoms with Gasteiger partial charge >= 0.3 is 0 Å². The summed E-state index contributed by atoms with van der Waals surface area (Å²) in [5.41, 5.74) is 2.75. The monoisotopic (exact) mass is 374 g/mol. The van der Waals surface area contributed by atoms with Gasteiger partial charge in [-0.05, 0) is 48.0 Å². The quantitative estimate of drug-likeness (QED) is 0.711. The van der Waals surface area contributed by atoms with Gasteiger partial charge in [0.25, 0.3) is 11.8 Å². The first-order valence-corrected chi connectivity index (χ1v) is 8.82. The fourth-order valence-electron chi connectivity index (χ4n) is 2.79. The molecule has 0 atom stereocenters. The van der Waals surface area contributed by atoms with Gasteiger partial charge in [0.1, 0.15) is 18.1 Å². The molecule has 2 N–H and O–H groups in total. The standard InChI is InChI=1S/C22H18N2O4/c25-21-14-28-20-12-16(6-11-19(20)24-21)22(26)23-17-7-9-18(10-8-17)27-13-15-4-2-1-3-5-15/h1-12H,13-14H2,(H,23,26)(H,24,25). The van der Waals surface area contributed by atoms with E-state index in [4.69, 9.17) is 9.47 Å². The number of benzene rings is 3. The Kier molecular flexibility index (Phi) is 4.93. The molecule has 0 saturated heterocycles. The van der Waals surface area contributed by atoms with Crippen LogP contribution in [0.25, 0.3) is 0 Å². The molecule has 1 aliphatic heterocycles. The van der Waals surface area contributed by atoms with Crippen molar-refractivity contribution in [1.29, 1.82) is 0 Å². The molecule has 28 heavy (non-hydrogen) atoms. The van der Waals surface area contributed by atoms with Crippen molar-refractivity contribution in [2.24, 2.45) is 0 Å². The zero-order chi connectivity index (χ0) is 19.3. The predicted octanol–water partition coefficient (Wildman–Crippen LogP) is 3.85. The maximum absolute atomic E-state index is 12.5. The van der Waals surface area contributed by atoms with Gasteiger partial charge in [-0.2, -0.15) is 0 Å². The average molecular weight is 374 g/mol. The molecule has 3 aromatic rings. The lowest BCUT2D eigenvalue weighted by molar-refractivity contribution is -0.118. The second-order valence-electron chi connectivity index (χ2n) is 6.30. The maximum Gasteiger partial charge on any atom is 0.262 e. The Bertz CT molecular complexity index is 1000. The lowest BCUT2D eigenvalue weighted by Gasteiger charge is -2.18. The van der Waals surface area contributed by atoms with Crippen molar-refractivity contribution in [2.45, 2.75) is 6.61 Å². The summed E-state index contributed by atoms with van der Waals surface area (Å²) in [6.07, 6.45) is 0. The van der Waals surface area contributed by atoms with Crippen LogP contribution in [0.4, 0.5) is 11.4 Å². The number of carbonyl (C=O) groups is 2. The molecule has 0 aliphatic carbocycles. The van der Waals surface area contributed by atoms with Crippen LogP contribution in [0.3, 0.4) is 0 Å². The minimum absolute atomic E-state index is 0.0531. The zero-order valence-corrected chi connectivity index (χ0v) is 15.0. The van der Waals surface area contributed by atoms with Crippen LogP contribution in [0.1, 0.15) is 15.9 Å². The van der Waals surface area contributed by atoms with Crippen molar-refractivity contribution >= 4 is 23.2 Å². The van der Waals surface area contributed by atoms with Crippen LogP contribution < -0.4 is 20.1 Å². The van der Waals surface area contributed by atoms with Crippen LogP contribution in [-0.4, -0.2) is 18.4 Å². The SMILES string of the molecule is O=C1COc2cc(C(=O)Nc3ccc(OCc4ccccc4)cc3)ccc2N1. The molecule has 1 aliphatic rings. The minimum atomic E-state index is -0.263. The van der Waals surface area contributed by atoms with Crippen LogP contribution in [0.2, 0.25) is 0 Å². The molecule has 2 amide bonds. The summed E-state index contributed by atoms with van der Waals surface area (Å²) < 4.78 is 11.1. The second kappa shape index (κ2) is 7.84. The average Bonchev–Trinajstić information content (AvgIpc) is 2.73.